The topological polar surface area (TPSA) is 36.7 Å². The van der Waals surface area contributed by atoms with Crippen molar-refractivity contribution in [3.63, 3.8) is 0 Å². The molecule has 84 valence electrons. The van der Waals surface area contributed by atoms with Crippen LogP contribution in [0.5, 0.6) is 0 Å². The highest BCUT2D eigenvalue weighted by Crippen LogP contribution is 2.26. The lowest BCUT2D eigenvalue weighted by Crippen LogP contribution is -1.91. The Bertz CT molecular complexity index is 558. The predicted octanol–water partition coefficient (Wildman–Crippen LogP) is 3.55. The fourth-order valence-corrected chi connectivity index (χ4v) is 2.54. The molecule has 17 heavy (non-hydrogen) atoms. The number of benzene rings is 1. The molecule has 3 heteroatoms. The summed E-state index contributed by atoms with van der Waals surface area (Å²) < 4.78 is 0. The van der Waals surface area contributed by atoms with Crippen LogP contribution in [-0.4, -0.2) is 4.98 Å². The second-order valence-corrected chi connectivity index (χ2v) is 4.69. The molecule has 1 aromatic carbocycles. The fourth-order valence-electron chi connectivity index (χ4n) is 1.53. The Balaban J connectivity index is 2.13. The molecule has 2 nitrogen and oxygen atoms in total. The summed E-state index contributed by atoms with van der Waals surface area (Å²) in [5, 5.41) is 8.95. The van der Waals surface area contributed by atoms with Crippen molar-refractivity contribution in [2.24, 2.45) is 0 Å². The van der Waals surface area contributed by atoms with Crippen LogP contribution < -0.4 is 0 Å². The van der Waals surface area contributed by atoms with E-state index in [2.05, 4.69) is 30.1 Å². The van der Waals surface area contributed by atoms with E-state index in [0.29, 0.717) is 5.69 Å². The average Bonchev–Trinajstić information content (AvgIpc) is 2.38. The highest BCUT2D eigenvalue weighted by molar-refractivity contribution is 7.98. The molecule has 0 aliphatic rings. The van der Waals surface area contributed by atoms with Crippen LogP contribution >= 0.6 is 11.8 Å². The molecule has 0 radical (unpaired) electrons. The number of aryl methyl sites for hydroxylation is 1. The molecule has 0 fully saturated rings. The molecule has 0 bridgehead atoms. The predicted molar refractivity (Wildman–Crippen MR) is 69.7 cm³/mol. The second-order valence-electron chi connectivity index (χ2n) is 3.68. The van der Waals surface area contributed by atoms with Gasteiger partial charge in [-0.1, -0.05) is 24.3 Å². The smallest absolute Gasteiger partial charge is 0.144 e. The first-order valence-electron chi connectivity index (χ1n) is 5.33. The number of pyridine rings is 1. The van der Waals surface area contributed by atoms with E-state index in [-0.39, 0.29) is 0 Å². The highest BCUT2D eigenvalue weighted by Gasteiger charge is 2.04. The number of hydrogen-bond donors (Lipinski definition) is 0. The Morgan fingerprint density at radius 1 is 1.24 bits per heavy atom. The van der Waals surface area contributed by atoms with Gasteiger partial charge < -0.3 is 0 Å². The molecular formula is C14H12N2S. The zero-order valence-corrected chi connectivity index (χ0v) is 10.4. The van der Waals surface area contributed by atoms with Gasteiger partial charge in [0, 0.05) is 16.8 Å². The highest BCUT2D eigenvalue weighted by atomic mass is 32.2. The van der Waals surface area contributed by atoms with Gasteiger partial charge in [-0.25, -0.2) is 4.98 Å². The van der Waals surface area contributed by atoms with Gasteiger partial charge in [0.15, 0.2) is 0 Å². The zero-order valence-electron chi connectivity index (χ0n) is 9.55. The van der Waals surface area contributed by atoms with E-state index in [1.807, 2.05) is 24.3 Å². The molecule has 0 N–H and O–H groups in total. The van der Waals surface area contributed by atoms with E-state index in [9.17, 15) is 0 Å². The molecule has 0 saturated carbocycles. The van der Waals surface area contributed by atoms with Crippen LogP contribution in [0.3, 0.4) is 0 Å². The Morgan fingerprint density at radius 2 is 2.06 bits per heavy atom. The molecule has 0 spiro atoms. The molecule has 1 heterocycles. The average molecular weight is 240 g/mol. The number of nitrogens with zero attached hydrogens (tertiary/aromatic N) is 2. The third-order valence-corrected chi connectivity index (χ3v) is 3.70. The van der Waals surface area contributed by atoms with Gasteiger partial charge >= 0.3 is 0 Å². The summed E-state index contributed by atoms with van der Waals surface area (Å²) in [6, 6.07) is 14.2. The molecule has 2 aromatic rings. The van der Waals surface area contributed by atoms with Crippen molar-refractivity contribution in [3.05, 3.63) is 59.4 Å². The largest absolute Gasteiger partial charge is 0.245 e. The SMILES string of the molecule is Cc1ccccc1SCc1cccnc1C#N. The van der Waals surface area contributed by atoms with Crippen LogP contribution in [0.25, 0.3) is 0 Å². The molecule has 1 aromatic heterocycles. The van der Waals surface area contributed by atoms with Crippen molar-refractivity contribution < 1.29 is 0 Å². The lowest BCUT2D eigenvalue weighted by Gasteiger charge is -2.05. The van der Waals surface area contributed by atoms with Crippen molar-refractivity contribution in [1.29, 1.82) is 5.26 Å². The summed E-state index contributed by atoms with van der Waals surface area (Å²) in [4.78, 5) is 5.31. The Labute approximate surface area is 105 Å². The van der Waals surface area contributed by atoms with Crippen molar-refractivity contribution >= 4 is 11.8 Å². The van der Waals surface area contributed by atoms with Crippen molar-refractivity contribution in [2.45, 2.75) is 17.6 Å². The van der Waals surface area contributed by atoms with E-state index in [0.717, 1.165) is 11.3 Å². The van der Waals surface area contributed by atoms with E-state index in [1.165, 1.54) is 10.5 Å². The minimum absolute atomic E-state index is 0.522. The van der Waals surface area contributed by atoms with E-state index in [1.54, 1.807) is 18.0 Å². The van der Waals surface area contributed by atoms with E-state index in [4.69, 9.17) is 5.26 Å². The first-order valence-corrected chi connectivity index (χ1v) is 6.32. The maximum Gasteiger partial charge on any atom is 0.144 e. The Hall–Kier alpha value is -1.79. The maximum absolute atomic E-state index is 8.95. The van der Waals surface area contributed by atoms with Crippen LogP contribution in [0.1, 0.15) is 16.8 Å². The standard InChI is InChI=1S/C14H12N2S/c1-11-5-2-3-7-14(11)17-10-12-6-4-8-16-13(12)9-15/h2-8H,10H2,1H3. The number of rotatable bonds is 3. The van der Waals surface area contributed by atoms with Gasteiger partial charge in [0.05, 0.1) is 0 Å². The summed E-state index contributed by atoms with van der Waals surface area (Å²) in [5.41, 5.74) is 2.77. The van der Waals surface area contributed by atoms with Crippen LogP contribution in [0.4, 0.5) is 0 Å². The summed E-state index contributed by atoms with van der Waals surface area (Å²) in [6.07, 6.45) is 1.65. The van der Waals surface area contributed by atoms with Crippen LogP contribution in [0, 0.1) is 18.3 Å². The molecular weight excluding hydrogens is 228 g/mol. The van der Waals surface area contributed by atoms with Gasteiger partial charge in [0.25, 0.3) is 0 Å². The van der Waals surface area contributed by atoms with Crippen LogP contribution in [-0.2, 0) is 5.75 Å². The van der Waals surface area contributed by atoms with E-state index >= 15 is 0 Å². The quantitative estimate of drug-likeness (QED) is 0.770. The molecule has 0 aliphatic carbocycles. The molecule has 2 rings (SSSR count). The monoisotopic (exact) mass is 240 g/mol. The van der Waals surface area contributed by atoms with Crippen molar-refractivity contribution in [2.75, 3.05) is 0 Å². The van der Waals surface area contributed by atoms with Gasteiger partial charge in [-0.05, 0) is 30.2 Å². The third kappa shape index (κ3) is 2.86. The first kappa shape index (κ1) is 11.7. The summed E-state index contributed by atoms with van der Waals surface area (Å²) in [5.74, 6) is 0.779. The zero-order chi connectivity index (χ0) is 12.1. The summed E-state index contributed by atoms with van der Waals surface area (Å²) in [7, 11) is 0. The van der Waals surface area contributed by atoms with E-state index < -0.39 is 0 Å². The van der Waals surface area contributed by atoms with Crippen LogP contribution in [0.2, 0.25) is 0 Å². The molecule has 0 saturated heterocycles. The third-order valence-electron chi connectivity index (χ3n) is 2.47. The van der Waals surface area contributed by atoms with Crippen molar-refractivity contribution in [3.8, 4) is 6.07 Å². The normalized spacial score (nSPS) is 9.88. The Kier molecular flexibility index (Phi) is 3.79. The minimum atomic E-state index is 0.522. The molecule has 0 atom stereocenters. The van der Waals surface area contributed by atoms with Gasteiger partial charge in [-0.15, -0.1) is 11.8 Å². The van der Waals surface area contributed by atoms with Gasteiger partial charge in [-0.2, -0.15) is 5.26 Å². The summed E-state index contributed by atoms with van der Waals surface area (Å²) in [6.45, 7) is 2.09. The first-order chi connectivity index (χ1) is 8.31. The number of hydrogen-bond acceptors (Lipinski definition) is 3. The van der Waals surface area contributed by atoms with Crippen molar-refractivity contribution in [1.82, 2.24) is 4.98 Å². The molecule has 0 amide bonds. The Morgan fingerprint density at radius 3 is 2.82 bits per heavy atom. The van der Waals surface area contributed by atoms with Gasteiger partial charge in [0.1, 0.15) is 11.8 Å². The summed E-state index contributed by atoms with van der Waals surface area (Å²) >= 11 is 1.74. The number of aromatic nitrogens is 1. The number of thioether (sulfide) groups is 1. The fraction of sp³-hybridized carbons (Fsp3) is 0.143. The van der Waals surface area contributed by atoms with Gasteiger partial charge in [-0.3, -0.25) is 0 Å². The van der Waals surface area contributed by atoms with Crippen LogP contribution in [0.15, 0.2) is 47.5 Å². The maximum atomic E-state index is 8.95. The second kappa shape index (κ2) is 5.51. The number of nitriles is 1. The van der Waals surface area contributed by atoms with Gasteiger partial charge in [0.2, 0.25) is 0 Å². The lowest BCUT2D eigenvalue weighted by atomic mass is 10.2. The molecule has 0 unspecified atom stereocenters. The molecule has 0 aliphatic heterocycles. The lowest BCUT2D eigenvalue weighted by molar-refractivity contribution is 1.19. The minimum Gasteiger partial charge on any atom is -0.245 e.